The van der Waals surface area contributed by atoms with Crippen molar-refractivity contribution in [3.05, 3.63) is 220 Å². The number of oxime groups is 1. The first-order valence-electron chi connectivity index (χ1n) is 21.8. The number of benzene rings is 5. The summed E-state index contributed by atoms with van der Waals surface area (Å²) in [5.41, 5.74) is 3.81. The lowest BCUT2D eigenvalue weighted by atomic mass is 9.77. The fourth-order valence-electron chi connectivity index (χ4n) is 8.39. The molecular weight excluding hydrogens is 945 g/mol. The van der Waals surface area contributed by atoms with Crippen molar-refractivity contribution >= 4 is 75.2 Å². The molecule has 7 aromatic rings. The van der Waals surface area contributed by atoms with Crippen LogP contribution in [0.15, 0.2) is 180 Å². The summed E-state index contributed by atoms with van der Waals surface area (Å²) in [6.07, 6.45) is 0.750. The Morgan fingerprint density at radius 3 is 1.87 bits per heavy atom. The maximum Gasteiger partial charge on any atom is 0.377 e. The number of methoxy groups -OCH3 is 1. The average Bonchev–Trinajstić information content (AvgIpc) is 4.05. The number of nitrogens with one attached hydrogen (secondary N) is 2. The molecule has 70 heavy (non-hydrogen) atoms. The van der Waals surface area contributed by atoms with Gasteiger partial charge >= 0.3 is 11.9 Å². The van der Waals surface area contributed by atoms with Crippen LogP contribution in [0.25, 0.3) is 4.91 Å². The van der Waals surface area contributed by atoms with Gasteiger partial charge in [-0.05, 0) is 39.5 Å². The third kappa shape index (κ3) is 9.35. The third-order valence-corrected chi connectivity index (χ3v) is 14.0. The SMILES string of the molecule is CON=C(C(=O)NC1C(=O)N2C(C(=O)OC(c3ccccc3)c3ccccc3)=C(C=C(S)c3nc(C(=O)OC)nn3C)CSC12)c1csc(NC(c2ccccc2)(c2ccccc2)c2ccccc2)n1. The number of anilines is 1. The van der Waals surface area contributed by atoms with Gasteiger partial charge in [0.25, 0.3) is 17.6 Å². The van der Waals surface area contributed by atoms with E-state index in [0.29, 0.717) is 21.8 Å². The Morgan fingerprint density at radius 2 is 1.34 bits per heavy atom. The van der Waals surface area contributed by atoms with Crippen LogP contribution in [0, 0.1) is 0 Å². The van der Waals surface area contributed by atoms with Gasteiger partial charge in [0.05, 0.1) is 7.11 Å². The van der Waals surface area contributed by atoms with E-state index in [1.54, 1.807) is 18.5 Å². The van der Waals surface area contributed by atoms with Gasteiger partial charge < -0.3 is 24.9 Å². The average molecular weight is 989 g/mol. The van der Waals surface area contributed by atoms with E-state index in [9.17, 15) is 19.2 Å². The first-order valence-corrected chi connectivity index (χ1v) is 24.2. The highest BCUT2D eigenvalue weighted by molar-refractivity contribution is 8.00. The molecule has 18 heteroatoms. The quantitative estimate of drug-likeness (QED) is 0.0214. The van der Waals surface area contributed by atoms with E-state index in [1.165, 1.54) is 46.9 Å². The number of thiol groups is 1. The van der Waals surface area contributed by atoms with Crippen LogP contribution in [0.3, 0.4) is 0 Å². The Kier molecular flexibility index (Phi) is 14.1. The summed E-state index contributed by atoms with van der Waals surface area (Å²) in [7, 11) is 4.13. The molecule has 2 aliphatic rings. The monoisotopic (exact) mass is 988 g/mol. The van der Waals surface area contributed by atoms with Crippen LogP contribution in [0.4, 0.5) is 5.13 Å². The van der Waals surface area contributed by atoms with Gasteiger partial charge in [-0.3, -0.25) is 14.5 Å². The summed E-state index contributed by atoms with van der Waals surface area (Å²) in [6, 6.07) is 47.6. The Bertz CT molecular complexity index is 3000. The van der Waals surface area contributed by atoms with Gasteiger partial charge in [-0.2, -0.15) is 0 Å². The van der Waals surface area contributed by atoms with Gasteiger partial charge in [-0.25, -0.2) is 24.2 Å². The highest BCUT2D eigenvalue weighted by Gasteiger charge is 2.55. The van der Waals surface area contributed by atoms with Crippen LogP contribution in [-0.2, 0) is 41.3 Å². The fraction of sp³-hybridized carbons (Fsp3) is 0.154. The maximum atomic E-state index is 14.7. The zero-order valence-electron chi connectivity index (χ0n) is 37.8. The molecule has 5 aromatic carbocycles. The van der Waals surface area contributed by atoms with Gasteiger partial charge in [-0.1, -0.05) is 157 Å². The molecule has 0 bridgehead atoms. The molecule has 0 aliphatic carbocycles. The number of thioether (sulfide) groups is 1. The smallest absolute Gasteiger partial charge is 0.377 e. The van der Waals surface area contributed by atoms with Crippen molar-refractivity contribution in [1.82, 2.24) is 30.0 Å². The number of allylic oxidation sites excluding steroid dienone is 1. The van der Waals surface area contributed by atoms with Crippen molar-refractivity contribution < 1.29 is 33.5 Å². The zero-order valence-corrected chi connectivity index (χ0v) is 40.4. The zero-order chi connectivity index (χ0) is 48.8. The van der Waals surface area contributed by atoms with Gasteiger partial charge in [0, 0.05) is 23.1 Å². The molecule has 1 fully saturated rings. The molecule has 0 spiro atoms. The molecule has 2 amide bonds. The van der Waals surface area contributed by atoms with Gasteiger partial charge in [0.1, 0.15) is 35.5 Å². The van der Waals surface area contributed by atoms with Crippen molar-refractivity contribution in [2.75, 3.05) is 25.3 Å². The summed E-state index contributed by atoms with van der Waals surface area (Å²) in [5, 5.41) is 16.3. The first kappa shape index (κ1) is 47.3. The topological polar surface area (TPSA) is 179 Å². The molecule has 9 rings (SSSR count). The molecule has 2 aromatic heterocycles. The standard InChI is InChI=1S/C52H44N8O7S3/c1-59-45(55-44(57-59)50(64)65-2)39(68)29-34-30-69-48-41(47(62)60(48)42(34)49(63)67-43(32-19-9-4-10-20-32)33-21-11-5-12-22-33)54-46(61)40(58-66-3)38-31-70-51(53-38)56-52(35-23-13-6-14-24-35,36-25-15-7-16-26-36)37-27-17-8-18-28-37/h4-29,31,41,43,48,68H,30H2,1-3H3,(H,53,56)(H,54,61). The molecule has 2 unspecified atom stereocenters. The number of carbonyl (C=O) groups excluding carboxylic acids is 4. The molecule has 0 radical (unpaired) electrons. The summed E-state index contributed by atoms with van der Waals surface area (Å²) in [6.45, 7) is 0. The highest BCUT2D eigenvalue weighted by atomic mass is 32.2. The van der Waals surface area contributed by atoms with Crippen molar-refractivity contribution in [3.8, 4) is 0 Å². The molecule has 2 aliphatic heterocycles. The van der Waals surface area contributed by atoms with Gasteiger partial charge in [0.2, 0.25) is 0 Å². The number of aryl methyl sites for hydroxylation is 1. The number of nitrogens with zero attached hydrogens (tertiary/aromatic N) is 6. The maximum absolute atomic E-state index is 14.7. The number of thiazole rings is 1. The third-order valence-electron chi connectivity index (χ3n) is 11.6. The lowest BCUT2D eigenvalue weighted by Crippen LogP contribution is -2.71. The summed E-state index contributed by atoms with van der Waals surface area (Å²) in [4.78, 5) is 71.7. The normalized spacial score (nSPS) is 16.0. The van der Waals surface area contributed by atoms with E-state index < -0.39 is 46.8 Å². The van der Waals surface area contributed by atoms with Crippen molar-refractivity contribution in [2.24, 2.45) is 12.2 Å². The fourth-order valence-corrected chi connectivity index (χ4v) is 10.8. The Hall–Kier alpha value is -7.80. The number of hydrogen-bond acceptors (Lipinski definition) is 15. The Morgan fingerprint density at radius 1 is 0.800 bits per heavy atom. The van der Waals surface area contributed by atoms with Crippen LogP contribution >= 0.6 is 35.7 Å². The van der Waals surface area contributed by atoms with E-state index in [-0.39, 0.29) is 39.4 Å². The molecule has 15 nitrogen and oxygen atoms in total. The van der Waals surface area contributed by atoms with E-state index in [0.717, 1.165) is 16.7 Å². The summed E-state index contributed by atoms with van der Waals surface area (Å²) >= 11 is 7.32. The van der Waals surface area contributed by atoms with Crippen LogP contribution < -0.4 is 10.6 Å². The number of hydrogen-bond donors (Lipinski definition) is 3. The number of rotatable bonds is 16. The molecule has 1 saturated heterocycles. The lowest BCUT2D eigenvalue weighted by molar-refractivity contribution is -0.154. The Labute approximate surface area is 416 Å². The van der Waals surface area contributed by atoms with Crippen molar-refractivity contribution in [2.45, 2.75) is 23.1 Å². The Balaban J connectivity index is 1.02. The van der Waals surface area contributed by atoms with Crippen LogP contribution in [0.2, 0.25) is 0 Å². The molecule has 0 saturated carbocycles. The number of carbonyl (C=O) groups is 4. The molecule has 2 atom stereocenters. The van der Waals surface area contributed by atoms with Crippen LogP contribution in [0.1, 0.15) is 56.1 Å². The first-order chi connectivity index (χ1) is 34.1. The minimum atomic E-state index is -1.08. The largest absolute Gasteiger partial charge is 0.463 e. The van der Waals surface area contributed by atoms with Gasteiger partial charge in [0.15, 0.2) is 22.8 Å². The number of amides is 2. The minimum absolute atomic E-state index is 0.0437. The summed E-state index contributed by atoms with van der Waals surface area (Å²) < 4.78 is 12.5. The number of aromatic nitrogens is 4. The predicted octanol–water partition coefficient (Wildman–Crippen LogP) is 7.77. The predicted molar refractivity (Wildman–Crippen MR) is 271 cm³/mol. The number of ether oxygens (including phenoxy) is 2. The second kappa shape index (κ2) is 20.8. The van der Waals surface area contributed by atoms with Crippen molar-refractivity contribution in [1.29, 1.82) is 0 Å². The number of fused-ring (bicyclic) bond motifs is 1. The minimum Gasteiger partial charge on any atom is -0.463 e. The second-order valence-corrected chi connectivity index (χ2v) is 18.3. The van der Waals surface area contributed by atoms with E-state index in [2.05, 4.69) is 62.3 Å². The lowest BCUT2D eigenvalue weighted by Gasteiger charge is -2.49. The van der Waals surface area contributed by atoms with Crippen LogP contribution in [0.5, 0.6) is 0 Å². The highest BCUT2D eigenvalue weighted by Crippen LogP contribution is 2.44. The molecular formula is C52H44N8O7S3. The molecule has 4 heterocycles. The second-order valence-electron chi connectivity index (χ2n) is 15.9. The van der Waals surface area contributed by atoms with Crippen molar-refractivity contribution in [3.63, 3.8) is 0 Å². The molecule has 2 N–H and O–H groups in total. The van der Waals surface area contributed by atoms with E-state index in [4.69, 9.17) is 31.9 Å². The van der Waals surface area contributed by atoms with E-state index in [1.807, 2.05) is 115 Å². The van der Waals surface area contributed by atoms with E-state index >= 15 is 0 Å². The van der Waals surface area contributed by atoms with Crippen LogP contribution in [-0.4, -0.2) is 85.5 Å². The number of β-lactam (4-membered cyclic amide) rings is 1. The number of esters is 2. The van der Waals surface area contributed by atoms with Gasteiger partial charge in [-0.15, -0.1) is 40.8 Å². The molecule has 352 valence electrons. The summed E-state index contributed by atoms with van der Waals surface area (Å²) in [5.74, 6) is -2.60.